The molecule has 0 aromatic carbocycles. The number of carbonyl (C=O) groups excluding carboxylic acids is 1. The lowest BCUT2D eigenvalue weighted by molar-refractivity contribution is -0.131. The topological polar surface area (TPSA) is 41.6 Å². The molecule has 1 amide bonds. The highest BCUT2D eigenvalue weighted by Crippen LogP contribution is 2.30. The van der Waals surface area contributed by atoms with Crippen LogP contribution < -0.4 is 5.32 Å². The lowest BCUT2D eigenvalue weighted by Gasteiger charge is -2.23. The van der Waals surface area contributed by atoms with Crippen molar-refractivity contribution in [3.05, 3.63) is 22.4 Å². The summed E-state index contributed by atoms with van der Waals surface area (Å²) in [6.07, 6.45) is 4.56. The van der Waals surface area contributed by atoms with Crippen LogP contribution in [-0.2, 0) is 9.53 Å². The molecule has 5 heteroatoms. The van der Waals surface area contributed by atoms with Gasteiger partial charge in [0.05, 0.1) is 12.6 Å². The van der Waals surface area contributed by atoms with Crippen molar-refractivity contribution in [2.75, 3.05) is 19.8 Å². The summed E-state index contributed by atoms with van der Waals surface area (Å²) >= 11 is 1.70. The van der Waals surface area contributed by atoms with Crippen molar-refractivity contribution in [1.82, 2.24) is 10.2 Å². The minimum atomic E-state index is -0.0365. The molecular weight excluding hydrogens is 284 g/mol. The number of thiophene rings is 1. The molecule has 1 aliphatic carbocycles. The van der Waals surface area contributed by atoms with Gasteiger partial charge in [0, 0.05) is 18.0 Å². The van der Waals surface area contributed by atoms with Crippen LogP contribution in [-0.4, -0.2) is 36.6 Å². The Morgan fingerprint density at radius 3 is 3.00 bits per heavy atom. The normalized spacial score (nSPS) is 25.8. The zero-order chi connectivity index (χ0) is 14.7. The Morgan fingerprint density at radius 2 is 2.33 bits per heavy atom. The predicted octanol–water partition coefficient (Wildman–Crippen LogP) is 2.77. The molecule has 2 atom stereocenters. The van der Waals surface area contributed by atoms with Crippen molar-refractivity contribution in [2.45, 2.75) is 44.8 Å². The highest BCUT2D eigenvalue weighted by molar-refractivity contribution is 7.10. The van der Waals surface area contributed by atoms with Crippen molar-refractivity contribution < 1.29 is 9.53 Å². The van der Waals surface area contributed by atoms with Crippen LogP contribution in [0.1, 0.15) is 43.6 Å². The molecule has 4 nitrogen and oxygen atoms in total. The van der Waals surface area contributed by atoms with Gasteiger partial charge in [0.15, 0.2) is 0 Å². The molecule has 3 rings (SSSR count). The number of ether oxygens (including phenoxy) is 1. The number of nitrogens with zero attached hydrogens (tertiary/aromatic N) is 1. The highest BCUT2D eigenvalue weighted by Gasteiger charge is 2.39. The van der Waals surface area contributed by atoms with E-state index < -0.39 is 0 Å². The van der Waals surface area contributed by atoms with Gasteiger partial charge in [-0.25, -0.2) is 0 Å². The molecule has 1 saturated heterocycles. The van der Waals surface area contributed by atoms with Crippen LogP contribution >= 0.6 is 11.3 Å². The van der Waals surface area contributed by atoms with E-state index in [4.69, 9.17) is 4.74 Å². The Morgan fingerprint density at radius 1 is 1.48 bits per heavy atom. The summed E-state index contributed by atoms with van der Waals surface area (Å²) in [5, 5.41) is 5.55. The lowest BCUT2D eigenvalue weighted by Crippen LogP contribution is -2.33. The molecule has 21 heavy (non-hydrogen) atoms. The van der Waals surface area contributed by atoms with Gasteiger partial charge in [0.1, 0.15) is 6.17 Å². The van der Waals surface area contributed by atoms with E-state index in [2.05, 4.69) is 23.7 Å². The smallest absolute Gasteiger partial charge is 0.241 e. The van der Waals surface area contributed by atoms with Crippen LogP contribution in [0.15, 0.2) is 17.5 Å². The zero-order valence-corrected chi connectivity index (χ0v) is 13.4. The first-order valence-corrected chi connectivity index (χ1v) is 8.85. The highest BCUT2D eigenvalue weighted by atomic mass is 32.1. The summed E-state index contributed by atoms with van der Waals surface area (Å²) in [7, 11) is 0. The molecule has 2 aliphatic rings. The number of hydrogen-bond donors (Lipinski definition) is 1. The van der Waals surface area contributed by atoms with E-state index in [0.717, 1.165) is 25.4 Å². The Balaban J connectivity index is 1.59. The van der Waals surface area contributed by atoms with E-state index in [0.29, 0.717) is 13.2 Å². The summed E-state index contributed by atoms with van der Waals surface area (Å²) in [6, 6.07) is 4.11. The second-order valence-electron chi connectivity index (χ2n) is 5.98. The van der Waals surface area contributed by atoms with Crippen molar-refractivity contribution in [1.29, 1.82) is 0 Å². The van der Waals surface area contributed by atoms with E-state index in [9.17, 15) is 4.79 Å². The molecule has 0 spiro atoms. The number of nitrogens with one attached hydrogen (secondary N) is 1. The van der Waals surface area contributed by atoms with Crippen molar-refractivity contribution in [2.24, 2.45) is 5.92 Å². The molecule has 2 fully saturated rings. The van der Waals surface area contributed by atoms with Gasteiger partial charge in [-0.3, -0.25) is 10.1 Å². The fraction of sp³-hybridized carbons (Fsp3) is 0.688. The lowest BCUT2D eigenvalue weighted by atomic mass is 10.2. The molecule has 0 radical (unpaired) electrons. The van der Waals surface area contributed by atoms with Gasteiger partial charge < -0.3 is 9.64 Å². The molecule has 1 aromatic rings. The zero-order valence-electron chi connectivity index (χ0n) is 12.6. The molecule has 116 valence electrons. The van der Waals surface area contributed by atoms with Crippen LogP contribution in [0.2, 0.25) is 0 Å². The van der Waals surface area contributed by atoms with Gasteiger partial charge in [0.2, 0.25) is 5.91 Å². The minimum Gasteiger partial charge on any atom is -0.379 e. The summed E-state index contributed by atoms with van der Waals surface area (Å²) in [5.41, 5.74) is 0. The van der Waals surface area contributed by atoms with E-state index >= 15 is 0 Å². The summed E-state index contributed by atoms with van der Waals surface area (Å²) in [6.45, 7) is 4.31. The Hall–Kier alpha value is -0.910. The summed E-state index contributed by atoms with van der Waals surface area (Å²) < 4.78 is 5.71. The van der Waals surface area contributed by atoms with E-state index in [1.54, 1.807) is 11.3 Å². The average molecular weight is 308 g/mol. The van der Waals surface area contributed by atoms with Crippen LogP contribution in [0.4, 0.5) is 0 Å². The SMILES string of the molecule is CCCC1NC(c2cccs2)N(CCOCC2CC2)C1=O. The number of hydrogen-bond acceptors (Lipinski definition) is 4. The van der Waals surface area contributed by atoms with Crippen molar-refractivity contribution in [3.63, 3.8) is 0 Å². The first-order valence-electron chi connectivity index (χ1n) is 7.97. The minimum absolute atomic E-state index is 0.0265. The van der Waals surface area contributed by atoms with Gasteiger partial charge in [-0.2, -0.15) is 0 Å². The molecule has 1 aromatic heterocycles. The van der Waals surface area contributed by atoms with E-state index in [1.165, 1.54) is 17.7 Å². The third kappa shape index (κ3) is 3.65. The molecular formula is C16H24N2O2S. The molecule has 0 bridgehead atoms. The van der Waals surface area contributed by atoms with Gasteiger partial charge in [-0.1, -0.05) is 19.4 Å². The number of rotatable bonds is 8. The van der Waals surface area contributed by atoms with Crippen LogP contribution in [0.5, 0.6) is 0 Å². The predicted molar refractivity (Wildman–Crippen MR) is 84.1 cm³/mol. The maximum absolute atomic E-state index is 12.6. The quantitative estimate of drug-likeness (QED) is 0.751. The second-order valence-corrected chi connectivity index (χ2v) is 6.96. The molecule has 1 N–H and O–H groups in total. The van der Waals surface area contributed by atoms with Crippen LogP contribution in [0.25, 0.3) is 0 Å². The maximum atomic E-state index is 12.6. The number of amides is 1. The molecule has 2 unspecified atom stereocenters. The van der Waals surface area contributed by atoms with E-state index in [-0.39, 0.29) is 18.1 Å². The number of carbonyl (C=O) groups is 1. The Bertz CT molecular complexity index is 459. The van der Waals surface area contributed by atoms with Crippen molar-refractivity contribution >= 4 is 17.2 Å². The monoisotopic (exact) mass is 308 g/mol. The standard InChI is InChI=1S/C16H24N2O2S/c1-2-4-13-16(19)18(8-9-20-11-12-6-7-12)15(17-13)14-5-3-10-21-14/h3,5,10,12-13,15,17H,2,4,6-9,11H2,1H3. The fourth-order valence-corrected chi connectivity index (χ4v) is 3.59. The Labute approximate surface area is 130 Å². The molecule has 1 aliphatic heterocycles. The molecule has 1 saturated carbocycles. The Kier molecular flexibility index (Phi) is 4.93. The van der Waals surface area contributed by atoms with Gasteiger partial charge >= 0.3 is 0 Å². The third-order valence-corrected chi connectivity index (χ3v) is 5.09. The largest absolute Gasteiger partial charge is 0.379 e. The van der Waals surface area contributed by atoms with Gasteiger partial charge in [-0.15, -0.1) is 11.3 Å². The van der Waals surface area contributed by atoms with Crippen molar-refractivity contribution in [3.8, 4) is 0 Å². The third-order valence-electron chi connectivity index (χ3n) is 4.17. The second kappa shape index (κ2) is 6.90. The average Bonchev–Trinajstić information content (AvgIpc) is 3.04. The summed E-state index contributed by atoms with van der Waals surface area (Å²) in [4.78, 5) is 15.7. The first kappa shape index (κ1) is 15.0. The molecule has 2 heterocycles. The maximum Gasteiger partial charge on any atom is 0.241 e. The van der Waals surface area contributed by atoms with Crippen LogP contribution in [0, 0.1) is 5.92 Å². The van der Waals surface area contributed by atoms with E-state index in [1.807, 2.05) is 11.0 Å². The fourth-order valence-electron chi connectivity index (χ4n) is 2.79. The van der Waals surface area contributed by atoms with Gasteiger partial charge in [0.25, 0.3) is 0 Å². The summed E-state index contributed by atoms with van der Waals surface area (Å²) in [5.74, 6) is 1.00. The van der Waals surface area contributed by atoms with Crippen LogP contribution in [0.3, 0.4) is 0 Å². The van der Waals surface area contributed by atoms with Gasteiger partial charge in [-0.05, 0) is 36.6 Å². The first-order chi connectivity index (χ1) is 10.3.